The molecule has 2 saturated heterocycles. The third-order valence-electron chi connectivity index (χ3n) is 5.89. The fourth-order valence-electron chi connectivity index (χ4n) is 4.14. The minimum absolute atomic E-state index is 0.0969. The quantitative estimate of drug-likeness (QED) is 0.536. The molecule has 8 heteroatoms. The van der Waals surface area contributed by atoms with Crippen LogP contribution in [0.15, 0.2) is 41.7 Å². The van der Waals surface area contributed by atoms with Crippen molar-refractivity contribution in [2.24, 2.45) is 0 Å². The maximum absolute atomic E-state index is 14.0. The number of hydrogen-bond acceptors (Lipinski definition) is 6. The highest BCUT2D eigenvalue weighted by molar-refractivity contribution is 7.99. The maximum Gasteiger partial charge on any atom is 0.233 e. The standard InChI is InChI=1S/C22H28FN5OS/c1-17-6-4-5-9-28(17)20-14-21(25-16-24-20)30-15-22(29)27-12-10-26(11-13-27)19-8-3-2-7-18(19)23/h2-3,7-8,14,16-17H,4-6,9-13,15H2,1H3/t17-/m0/s1. The first-order valence-electron chi connectivity index (χ1n) is 10.6. The van der Waals surface area contributed by atoms with E-state index in [1.807, 2.05) is 21.9 Å². The molecule has 1 aromatic heterocycles. The van der Waals surface area contributed by atoms with Gasteiger partial charge < -0.3 is 14.7 Å². The van der Waals surface area contributed by atoms with Crippen LogP contribution in [0.3, 0.4) is 0 Å². The summed E-state index contributed by atoms with van der Waals surface area (Å²) in [6, 6.07) is 9.28. The van der Waals surface area contributed by atoms with Gasteiger partial charge >= 0.3 is 0 Å². The smallest absolute Gasteiger partial charge is 0.233 e. The van der Waals surface area contributed by atoms with Crippen molar-refractivity contribution in [3.63, 3.8) is 0 Å². The Balaban J connectivity index is 1.29. The van der Waals surface area contributed by atoms with Crippen LogP contribution in [0.5, 0.6) is 0 Å². The summed E-state index contributed by atoms with van der Waals surface area (Å²) in [5.74, 6) is 1.19. The van der Waals surface area contributed by atoms with Gasteiger partial charge in [0.1, 0.15) is 23.0 Å². The second kappa shape index (κ2) is 9.64. The van der Waals surface area contributed by atoms with E-state index in [-0.39, 0.29) is 11.7 Å². The van der Waals surface area contributed by atoms with E-state index in [0.717, 1.165) is 17.4 Å². The molecule has 4 rings (SSSR count). The second-order valence-corrected chi connectivity index (χ2v) is 8.86. The van der Waals surface area contributed by atoms with E-state index >= 15 is 0 Å². The summed E-state index contributed by atoms with van der Waals surface area (Å²) >= 11 is 1.46. The van der Waals surface area contributed by atoms with Gasteiger partial charge in [-0.05, 0) is 38.3 Å². The predicted octanol–water partition coefficient (Wildman–Crippen LogP) is 3.44. The zero-order chi connectivity index (χ0) is 20.9. The first-order valence-corrected chi connectivity index (χ1v) is 11.6. The van der Waals surface area contributed by atoms with Gasteiger partial charge in [-0.25, -0.2) is 14.4 Å². The van der Waals surface area contributed by atoms with E-state index in [1.54, 1.807) is 18.5 Å². The number of carbonyl (C=O) groups excluding carboxylic acids is 1. The Kier molecular flexibility index (Phi) is 6.72. The van der Waals surface area contributed by atoms with Crippen LogP contribution in [0, 0.1) is 5.82 Å². The van der Waals surface area contributed by atoms with Crippen molar-refractivity contribution >= 4 is 29.2 Å². The number of thioether (sulfide) groups is 1. The van der Waals surface area contributed by atoms with Crippen molar-refractivity contribution in [1.29, 1.82) is 0 Å². The van der Waals surface area contributed by atoms with Crippen LogP contribution in [0.25, 0.3) is 0 Å². The molecule has 0 bridgehead atoms. The molecule has 2 aliphatic rings. The number of rotatable bonds is 5. The van der Waals surface area contributed by atoms with Crippen LogP contribution in [0.1, 0.15) is 26.2 Å². The Morgan fingerprint density at radius 1 is 1.13 bits per heavy atom. The lowest BCUT2D eigenvalue weighted by Crippen LogP contribution is -2.49. The van der Waals surface area contributed by atoms with Crippen LogP contribution in [-0.2, 0) is 4.79 Å². The molecule has 2 aromatic rings. The van der Waals surface area contributed by atoms with Crippen molar-refractivity contribution in [3.05, 3.63) is 42.5 Å². The van der Waals surface area contributed by atoms with E-state index in [9.17, 15) is 9.18 Å². The molecule has 160 valence electrons. The van der Waals surface area contributed by atoms with Crippen LogP contribution in [0.2, 0.25) is 0 Å². The van der Waals surface area contributed by atoms with Gasteiger partial charge in [0.2, 0.25) is 5.91 Å². The van der Waals surface area contributed by atoms with Crippen molar-refractivity contribution in [2.45, 2.75) is 37.3 Å². The fraction of sp³-hybridized carbons (Fsp3) is 0.500. The number of para-hydroxylation sites is 1. The topological polar surface area (TPSA) is 52.6 Å². The van der Waals surface area contributed by atoms with Gasteiger partial charge in [0.05, 0.1) is 11.4 Å². The van der Waals surface area contributed by atoms with Crippen LogP contribution < -0.4 is 9.80 Å². The van der Waals surface area contributed by atoms with Gasteiger partial charge in [-0.3, -0.25) is 4.79 Å². The molecule has 30 heavy (non-hydrogen) atoms. The highest BCUT2D eigenvalue weighted by atomic mass is 32.2. The third kappa shape index (κ3) is 4.86. The zero-order valence-electron chi connectivity index (χ0n) is 17.3. The van der Waals surface area contributed by atoms with Crippen molar-refractivity contribution < 1.29 is 9.18 Å². The Hall–Kier alpha value is -2.35. The Bertz CT molecular complexity index is 874. The Morgan fingerprint density at radius 3 is 2.70 bits per heavy atom. The molecule has 2 fully saturated rings. The average molecular weight is 430 g/mol. The van der Waals surface area contributed by atoms with Crippen molar-refractivity contribution in [3.8, 4) is 0 Å². The summed E-state index contributed by atoms with van der Waals surface area (Å²) < 4.78 is 14.0. The number of amides is 1. The molecule has 0 N–H and O–H groups in total. The number of piperazine rings is 1. The fourth-order valence-corrected chi connectivity index (χ4v) is 4.90. The molecular formula is C22H28FN5OS. The average Bonchev–Trinajstić information content (AvgIpc) is 2.78. The summed E-state index contributed by atoms with van der Waals surface area (Å²) in [6.45, 7) is 5.75. The van der Waals surface area contributed by atoms with Crippen LogP contribution in [-0.4, -0.2) is 65.3 Å². The third-order valence-corrected chi connectivity index (χ3v) is 6.80. The van der Waals surface area contributed by atoms with Gasteiger partial charge in [0, 0.05) is 44.8 Å². The predicted molar refractivity (Wildman–Crippen MR) is 119 cm³/mol. The second-order valence-electron chi connectivity index (χ2n) is 7.86. The minimum Gasteiger partial charge on any atom is -0.366 e. The summed E-state index contributed by atoms with van der Waals surface area (Å²) in [5, 5.41) is 0.830. The number of benzene rings is 1. The lowest BCUT2D eigenvalue weighted by Gasteiger charge is -2.36. The molecule has 0 radical (unpaired) electrons. The SMILES string of the molecule is C[C@H]1CCCCN1c1cc(SCC(=O)N2CCN(c3ccccc3F)CC2)ncn1. The van der Waals surface area contributed by atoms with Gasteiger partial charge in [0.15, 0.2) is 0 Å². The van der Waals surface area contributed by atoms with Gasteiger partial charge in [0.25, 0.3) is 0 Å². The monoisotopic (exact) mass is 429 g/mol. The highest BCUT2D eigenvalue weighted by Gasteiger charge is 2.23. The molecule has 0 aliphatic carbocycles. The molecule has 0 saturated carbocycles. The first-order chi connectivity index (χ1) is 14.6. The molecule has 0 spiro atoms. The van der Waals surface area contributed by atoms with Crippen LogP contribution in [0.4, 0.5) is 15.9 Å². The van der Waals surface area contributed by atoms with Crippen molar-refractivity contribution in [2.75, 3.05) is 48.3 Å². The van der Waals surface area contributed by atoms with Crippen molar-refractivity contribution in [1.82, 2.24) is 14.9 Å². The molecule has 2 aliphatic heterocycles. The number of nitrogens with zero attached hydrogens (tertiary/aromatic N) is 5. The summed E-state index contributed by atoms with van der Waals surface area (Å²) in [5.41, 5.74) is 0.611. The zero-order valence-corrected chi connectivity index (χ0v) is 18.2. The van der Waals surface area contributed by atoms with E-state index in [1.165, 1.54) is 37.1 Å². The summed E-state index contributed by atoms with van der Waals surface area (Å²) in [4.78, 5) is 27.7. The first kappa shape index (κ1) is 20.9. The number of halogens is 1. The van der Waals surface area contributed by atoms with E-state index in [4.69, 9.17) is 0 Å². The molecule has 1 amide bonds. The number of aromatic nitrogens is 2. The number of anilines is 2. The molecule has 0 unspecified atom stereocenters. The minimum atomic E-state index is -0.213. The number of carbonyl (C=O) groups is 1. The number of piperidine rings is 1. The summed E-state index contributed by atoms with van der Waals surface area (Å²) in [6.07, 6.45) is 5.23. The molecular weight excluding hydrogens is 401 g/mol. The van der Waals surface area contributed by atoms with E-state index in [0.29, 0.717) is 43.7 Å². The van der Waals surface area contributed by atoms with Gasteiger partial charge in [-0.2, -0.15) is 0 Å². The Labute approximate surface area is 181 Å². The molecule has 1 aromatic carbocycles. The molecule has 3 heterocycles. The van der Waals surface area contributed by atoms with Crippen LogP contribution >= 0.6 is 11.8 Å². The number of hydrogen-bond donors (Lipinski definition) is 0. The maximum atomic E-state index is 14.0. The Morgan fingerprint density at radius 2 is 1.93 bits per heavy atom. The van der Waals surface area contributed by atoms with Gasteiger partial charge in [-0.1, -0.05) is 23.9 Å². The van der Waals surface area contributed by atoms with E-state index in [2.05, 4.69) is 21.8 Å². The largest absolute Gasteiger partial charge is 0.366 e. The van der Waals surface area contributed by atoms with Gasteiger partial charge in [-0.15, -0.1) is 0 Å². The van der Waals surface area contributed by atoms with E-state index < -0.39 is 0 Å². The molecule has 6 nitrogen and oxygen atoms in total. The lowest BCUT2D eigenvalue weighted by molar-refractivity contribution is -0.128. The molecule has 1 atom stereocenters. The highest BCUT2D eigenvalue weighted by Crippen LogP contribution is 2.26. The lowest BCUT2D eigenvalue weighted by atomic mass is 10.0. The summed E-state index contributed by atoms with van der Waals surface area (Å²) in [7, 11) is 0. The normalized spacial score (nSPS) is 19.8.